The van der Waals surface area contributed by atoms with Crippen molar-refractivity contribution < 1.29 is 4.39 Å². The molecule has 4 rings (SSSR count). The average molecular weight is 506 g/mol. The van der Waals surface area contributed by atoms with E-state index in [0.29, 0.717) is 5.69 Å². The van der Waals surface area contributed by atoms with Gasteiger partial charge >= 0.3 is 0 Å². The number of benzene rings is 1. The Hall–Kier alpha value is -4.71. The topological polar surface area (TPSA) is 69.4 Å². The lowest BCUT2D eigenvalue weighted by atomic mass is 9.97. The standard InChI is InChI=1S/C32H32FN5/c1-7-12-26(23-13-11-14-24(33)17-23)27-19-30(35-21(27)6)32-31-29(37-38-32)16-15-28(36-31)22(9-3)18-25(10-4)34-20(5)8-2/h7,9-19,34-35H,1,4-5,8H2,2-3,6H3,(H,37,38)/b22-9+,25-18+,26-12-. The first kappa shape index (κ1) is 26.4. The molecule has 0 spiro atoms. The van der Waals surface area contributed by atoms with E-state index in [9.17, 15) is 4.39 Å². The third kappa shape index (κ3) is 5.49. The van der Waals surface area contributed by atoms with E-state index < -0.39 is 0 Å². The van der Waals surface area contributed by atoms with Crippen LogP contribution < -0.4 is 5.32 Å². The summed E-state index contributed by atoms with van der Waals surface area (Å²) in [7, 11) is 0. The SMILES string of the molecule is C=C/C=C(/c1cccc(F)c1)c1cc(-c2n[nH]c3ccc(C(/C=C(\C=C)NC(=C)CC)=C/C)nc23)[nH]c1C. The van der Waals surface area contributed by atoms with Gasteiger partial charge in [0.05, 0.1) is 16.9 Å². The van der Waals surface area contributed by atoms with Gasteiger partial charge in [0.2, 0.25) is 0 Å². The van der Waals surface area contributed by atoms with Crippen LogP contribution in [-0.4, -0.2) is 20.2 Å². The fourth-order valence-corrected chi connectivity index (χ4v) is 4.24. The number of aromatic amines is 2. The molecule has 5 nitrogen and oxygen atoms in total. The molecule has 0 saturated carbocycles. The summed E-state index contributed by atoms with van der Waals surface area (Å²) in [5, 5.41) is 11.0. The molecule has 6 heteroatoms. The smallest absolute Gasteiger partial charge is 0.135 e. The number of halogens is 1. The second-order valence-electron chi connectivity index (χ2n) is 8.84. The second kappa shape index (κ2) is 11.6. The maximum Gasteiger partial charge on any atom is 0.135 e. The molecule has 0 bridgehead atoms. The van der Waals surface area contributed by atoms with Gasteiger partial charge in [0, 0.05) is 22.7 Å². The van der Waals surface area contributed by atoms with E-state index in [1.54, 1.807) is 18.2 Å². The minimum absolute atomic E-state index is 0.288. The Morgan fingerprint density at radius 2 is 1.97 bits per heavy atom. The molecule has 38 heavy (non-hydrogen) atoms. The zero-order valence-electron chi connectivity index (χ0n) is 22.0. The van der Waals surface area contributed by atoms with E-state index in [4.69, 9.17) is 4.98 Å². The summed E-state index contributed by atoms with van der Waals surface area (Å²) >= 11 is 0. The molecule has 0 fully saturated rings. The summed E-state index contributed by atoms with van der Waals surface area (Å²) in [6.45, 7) is 17.8. The average Bonchev–Trinajstić information content (AvgIpc) is 3.52. The van der Waals surface area contributed by atoms with Gasteiger partial charge in [0.25, 0.3) is 0 Å². The van der Waals surface area contributed by atoms with E-state index in [0.717, 1.165) is 68.2 Å². The first-order valence-electron chi connectivity index (χ1n) is 12.5. The number of rotatable bonds is 10. The Bertz CT molecular complexity index is 1610. The quantitative estimate of drug-likeness (QED) is 0.191. The molecule has 0 radical (unpaired) electrons. The molecule has 0 unspecified atom stereocenters. The van der Waals surface area contributed by atoms with Crippen LogP contribution in [0, 0.1) is 12.7 Å². The zero-order chi connectivity index (χ0) is 27.2. The van der Waals surface area contributed by atoms with Crippen molar-refractivity contribution in [3.05, 3.63) is 132 Å². The molecule has 1 aromatic carbocycles. The number of aromatic nitrogens is 4. The summed E-state index contributed by atoms with van der Waals surface area (Å²) in [4.78, 5) is 8.41. The highest BCUT2D eigenvalue weighted by atomic mass is 19.1. The number of hydrogen-bond donors (Lipinski definition) is 3. The molecular formula is C32H32FN5. The van der Waals surface area contributed by atoms with Crippen LogP contribution in [-0.2, 0) is 0 Å². The van der Waals surface area contributed by atoms with E-state index in [1.807, 2.05) is 63.3 Å². The van der Waals surface area contributed by atoms with Crippen LogP contribution in [0.5, 0.6) is 0 Å². The molecule has 3 N–H and O–H groups in total. The predicted octanol–water partition coefficient (Wildman–Crippen LogP) is 8.00. The van der Waals surface area contributed by atoms with E-state index in [-0.39, 0.29) is 5.82 Å². The summed E-state index contributed by atoms with van der Waals surface area (Å²) in [6.07, 6.45) is 10.2. The summed E-state index contributed by atoms with van der Waals surface area (Å²) in [6, 6.07) is 12.5. The third-order valence-electron chi connectivity index (χ3n) is 6.27. The number of allylic oxidation sites excluding steroid dienone is 7. The van der Waals surface area contributed by atoms with Crippen molar-refractivity contribution in [3.8, 4) is 11.4 Å². The van der Waals surface area contributed by atoms with Gasteiger partial charge in [-0.15, -0.1) is 0 Å². The van der Waals surface area contributed by atoms with Crippen LogP contribution in [0.1, 0.15) is 42.8 Å². The van der Waals surface area contributed by atoms with Crippen molar-refractivity contribution in [1.82, 2.24) is 25.5 Å². The second-order valence-corrected chi connectivity index (χ2v) is 8.84. The molecule has 0 aliphatic heterocycles. The Morgan fingerprint density at radius 3 is 2.66 bits per heavy atom. The summed E-state index contributed by atoms with van der Waals surface area (Å²) in [5.41, 5.74) is 10.1. The largest absolute Gasteiger partial charge is 0.359 e. The molecule has 192 valence electrons. The van der Waals surface area contributed by atoms with Crippen molar-refractivity contribution in [2.24, 2.45) is 0 Å². The van der Waals surface area contributed by atoms with Crippen LogP contribution >= 0.6 is 0 Å². The van der Waals surface area contributed by atoms with Crippen LogP contribution in [0.4, 0.5) is 4.39 Å². The predicted molar refractivity (Wildman–Crippen MR) is 157 cm³/mol. The monoisotopic (exact) mass is 505 g/mol. The highest BCUT2D eigenvalue weighted by molar-refractivity contribution is 5.92. The van der Waals surface area contributed by atoms with E-state index in [2.05, 4.69) is 40.2 Å². The van der Waals surface area contributed by atoms with Gasteiger partial charge in [0.15, 0.2) is 0 Å². The van der Waals surface area contributed by atoms with Gasteiger partial charge in [0.1, 0.15) is 17.0 Å². The Kier molecular flexibility index (Phi) is 8.02. The van der Waals surface area contributed by atoms with Gasteiger partial charge in [-0.3, -0.25) is 5.10 Å². The van der Waals surface area contributed by atoms with Gasteiger partial charge in [-0.25, -0.2) is 9.37 Å². The number of nitrogens with zero attached hydrogens (tertiary/aromatic N) is 2. The molecule has 0 amide bonds. The molecule has 3 heterocycles. The van der Waals surface area contributed by atoms with Crippen LogP contribution in [0.25, 0.3) is 33.6 Å². The molecule has 0 saturated heterocycles. The van der Waals surface area contributed by atoms with Crippen molar-refractivity contribution >= 4 is 22.2 Å². The number of pyridine rings is 1. The van der Waals surface area contributed by atoms with Crippen LogP contribution in [0.15, 0.2) is 104 Å². The fourth-order valence-electron chi connectivity index (χ4n) is 4.24. The lowest BCUT2D eigenvalue weighted by Crippen LogP contribution is -2.09. The maximum absolute atomic E-state index is 14.0. The molecule has 4 aromatic rings. The van der Waals surface area contributed by atoms with Gasteiger partial charge in [-0.1, -0.05) is 57.0 Å². The summed E-state index contributed by atoms with van der Waals surface area (Å²) < 4.78 is 14.0. The number of H-pyrrole nitrogens is 2. The minimum Gasteiger partial charge on any atom is -0.359 e. The number of hydrogen-bond acceptors (Lipinski definition) is 3. The molecule has 0 aliphatic rings. The van der Waals surface area contributed by atoms with E-state index >= 15 is 0 Å². The van der Waals surface area contributed by atoms with Gasteiger partial charge < -0.3 is 10.3 Å². The van der Waals surface area contributed by atoms with Crippen molar-refractivity contribution in [2.45, 2.75) is 27.2 Å². The zero-order valence-corrected chi connectivity index (χ0v) is 22.0. The van der Waals surface area contributed by atoms with E-state index in [1.165, 1.54) is 12.1 Å². The van der Waals surface area contributed by atoms with Crippen molar-refractivity contribution in [1.29, 1.82) is 0 Å². The van der Waals surface area contributed by atoms with Crippen molar-refractivity contribution in [2.75, 3.05) is 0 Å². The lowest BCUT2D eigenvalue weighted by molar-refractivity contribution is 0.627. The van der Waals surface area contributed by atoms with Crippen molar-refractivity contribution in [3.63, 3.8) is 0 Å². The molecular weight excluding hydrogens is 473 g/mol. The molecule has 3 aromatic heterocycles. The summed E-state index contributed by atoms with van der Waals surface area (Å²) in [5.74, 6) is -0.288. The first-order valence-corrected chi connectivity index (χ1v) is 12.5. The van der Waals surface area contributed by atoms with Gasteiger partial charge in [-0.05, 0) is 79.5 Å². The Morgan fingerprint density at radius 1 is 1.16 bits per heavy atom. The van der Waals surface area contributed by atoms with Crippen LogP contribution in [0.2, 0.25) is 0 Å². The Balaban J connectivity index is 1.77. The minimum atomic E-state index is -0.288. The number of aryl methyl sites for hydroxylation is 1. The van der Waals surface area contributed by atoms with Crippen LogP contribution in [0.3, 0.4) is 0 Å². The lowest BCUT2D eigenvalue weighted by Gasteiger charge is -2.10. The molecule has 0 atom stereocenters. The highest BCUT2D eigenvalue weighted by Gasteiger charge is 2.17. The third-order valence-corrected chi connectivity index (χ3v) is 6.27. The highest BCUT2D eigenvalue weighted by Crippen LogP contribution is 2.33. The normalized spacial score (nSPS) is 12.6. The number of fused-ring (bicyclic) bond motifs is 1. The molecule has 0 aliphatic carbocycles. The Labute approximate surface area is 222 Å². The fraction of sp³-hybridized carbons (Fsp3) is 0.125. The van der Waals surface area contributed by atoms with Gasteiger partial charge in [-0.2, -0.15) is 5.10 Å². The first-order chi connectivity index (χ1) is 18.4. The maximum atomic E-state index is 14.0. The number of nitrogens with one attached hydrogen (secondary N) is 3.